The first-order valence-corrected chi connectivity index (χ1v) is 5.48. The molecule has 3 N–H and O–H groups in total. The van der Waals surface area contributed by atoms with Crippen molar-refractivity contribution < 1.29 is 5.11 Å². The van der Waals surface area contributed by atoms with E-state index in [0.717, 1.165) is 16.5 Å². The minimum atomic E-state index is -0.978. The minimum absolute atomic E-state index is 0.208. The molecule has 0 aliphatic carbocycles. The van der Waals surface area contributed by atoms with E-state index in [1.54, 1.807) is 6.20 Å². The monoisotopic (exact) mass is 216 g/mol. The van der Waals surface area contributed by atoms with Gasteiger partial charge in [0.05, 0.1) is 5.52 Å². The summed E-state index contributed by atoms with van der Waals surface area (Å²) >= 11 is 0. The van der Waals surface area contributed by atoms with Gasteiger partial charge in [-0.3, -0.25) is 4.98 Å². The molecular formula is C13H16N2O. The normalized spacial score (nSPS) is 14.9. The Balaban J connectivity index is 2.69. The van der Waals surface area contributed by atoms with Crippen molar-refractivity contribution in [3.8, 4) is 0 Å². The molecule has 0 saturated carbocycles. The molecule has 84 valence electrons. The van der Waals surface area contributed by atoms with E-state index in [4.69, 9.17) is 5.73 Å². The van der Waals surface area contributed by atoms with E-state index in [0.29, 0.717) is 6.42 Å². The molecule has 16 heavy (non-hydrogen) atoms. The largest absolute Gasteiger partial charge is 0.384 e. The molecule has 0 bridgehead atoms. The highest BCUT2D eigenvalue weighted by Gasteiger charge is 2.27. The van der Waals surface area contributed by atoms with Gasteiger partial charge in [-0.05, 0) is 12.5 Å². The van der Waals surface area contributed by atoms with Crippen LogP contribution in [-0.2, 0) is 5.60 Å². The second-order valence-corrected chi connectivity index (χ2v) is 3.97. The second-order valence-electron chi connectivity index (χ2n) is 3.97. The van der Waals surface area contributed by atoms with Crippen molar-refractivity contribution in [2.24, 2.45) is 5.73 Å². The van der Waals surface area contributed by atoms with Crippen molar-refractivity contribution in [1.29, 1.82) is 0 Å². The predicted molar refractivity (Wildman–Crippen MR) is 65.0 cm³/mol. The smallest absolute Gasteiger partial charge is 0.104 e. The van der Waals surface area contributed by atoms with Crippen LogP contribution in [0.1, 0.15) is 18.9 Å². The number of aromatic nitrogens is 1. The topological polar surface area (TPSA) is 59.1 Å². The van der Waals surface area contributed by atoms with E-state index < -0.39 is 5.60 Å². The molecule has 0 fully saturated rings. The van der Waals surface area contributed by atoms with Gasteiger partial charge < -0.3 is 10.8 Å². The van der Waals surface area contributed by atoms with Crippen molar-refractivity contribution in [2.75, 3.05) is 6.54 Å². The fraction of sp³-hybridized carbons (Fsp3) is 0.308. The fourth-order valence-electron chi connectivity index (χ4n) is 1.92. The maximum Gasteiger partial charge on any atom is 0.104 e. The highest BCUT2D eigenvalue weighted by atomic mass is 16.3. The molecule has 1 atom stereocenters. The third-order valence-corrected chi connectivity index (χ3v) is 3.06. The summed E-state index contributed by atoms with van der Waals surface area (Å²) in [6.45, 7) is 2.13. The number of benzene rings is 1. The van der Waals surface area contributed by atoms with Crippen LogP contribution in [-0.4, -0.2) is 16.6 Å². The van der Waals surface area contributed by atoms with Gasteiger partial charge in [0.25, 0.3) is 0 Å². The Morgan fingerprint density at radius 2 is 2.06 bits per heavy atom. The molecule has 1 aromatic heterocycles. The summed E-state index contributed by atoms with van der Waals surface area (Å²) in [5, 5.41) is 11.5. The lowest BCUT2D eigenvalue weighted by Gasteiger charge is -2.26. The van der Waals surface area contributed by atoms with Crippen LogP contribution in [0.3, 0.4) is 0 Å². The lowest BCUT2D eigenvalue weighted by molar-refractivity contribution is 0.0432. The maximum absolute atomic E-state index is 10.4. The Bertz CT molecular complexity index is 487. The lowest BCUT2D eigenvalue weighted by Crippen LogP contribution is -2.34. The molecule has 0 spiro atoms. The van der Waals surface area contributed by atoms with Crippen LogP contribution in [0.2, 0.25) is 0 Å². The van der Waals surface area contributed by atoms with Crippen LogP contribution < -0.4 is 5.73 Å². The van der Waals surface area contributed by atoms with E-state index >= 15 is 0 Å². The average molecular weight is 216 g/mol. The number of fused-ring (bicyclic) bond motifs is 1. The van der Waals surface area contributed by atoms with Gasteiger partial charge in [-0.2, -0.15) is 0 Å². The highest BCUT2D eigenvalue weighted by molar-refractivity contribution is 5.82. The fourth-order valence-corrected chi connectivity index (χ4v) is 1.92. The first-order chi connectivity index (χ1) is 7.71. The number of nitrogens with zero attached hydrogens (tertiary/aromatic N) is 1. The summed E-state index contributed by atoms with van der Waals surface area (Å²) in [6.07, 6.45) is 2.32. The van der Waals surface area contributed by atoms with Gasteiger partial charge in [-0.15, -0.1) is 0 Å². The van der Waals surface area contributed by atoms with Crippen molar-refractivity contribution in [3.63, 3.8) is 0 Å². The molecule has 2 aromatic rings. The van der Waals surface area contributed by atoms with Crippen LogP contribution in [0.5, 0.6) is 0 Å². The number of hydrogen-bond acceptors (Lipinski definition) is 3. The van der Waals surface area contributed by atoms with Crippen molar-refractivity contribution in [3.05, 3.63) is 42.1 Å². The summed E-state index contributed by atoms with van der Waals surface area (Å²) in [4.78, 5) is 4.33. The van der Waals surface area contributed by atoms with Crippen LogP contribution in [0.25, 0.3) is 10.9 Å². The van der Waals surface area contributed by atoms with E-state index in [1.165, 1.54) is 0 Å². The molecule has 2 rings (SSSR count). The number of para-hydroxylation sites is 1. The van der Waals surface area contributed by atoms with Crippen LogP contribution in [0.4, 0.5) is 0 Å². The molecule has 0 aliphatic rings. The SMILES string of the molecule is CCC(O)(CN)c1cccc2cccnc12. The Hall–Kier alpha value is -1.45. The average Bonchev–Trinajstić information content (AvgIpc) is 2.37. The van der Waals surface area contributed by atoms with Gasteiger partial charge >= 0.3 is 0 Å². The van der Waals surface area contributed by atoms with Gasteiger partial charge in [-0.1, -0.05) is 31.2 Å². The van der Waals surface area contributed by atoms with E-state index in [1.807, 2.05) is 37.3 Å². The molecular weight excluding hydrogens is 200 g/mol. The van der Waals surface area contributed by atoms with Crippen molar-refractivity contribution in [2.45, 2.75) is 18.9 Å². The zero-order chi connectivity index (χ0) is 11.6. The molecule has 0 amide bonds. The van der Waals surface area contributed by atoms with Crippen molar-refractivity contribution >= 4 is 10.9 Å². The number of rotatable bonds is 3. The van der Waals surface area contributed by atoms with E-state index in [2.05, 4.69) is 4.98 Å². The van der Waals surface area contributed by atoms with Gasteiger partial charge in [-0.25, -0.2) is 0 Å². The molecule has 1 aromatic carbocycles. The number of aliphatic hydroxyl groups is 1. The van der Waals surface area contributed by atoms with Crippen molar-refractivity contribution in [1.82, 2.24) is 4.98 Å². The molecule has 3 nitrogen and oxygen atoms in total. The quantitative estimate of drug-likeness (QED) is 0.822. The van der Waals surface area contributed by atoms with Gasteiger partial charge in [0.2, 0.25) is 0 Å². The second kappa shape index (κ2) is 4.20. The zero-order valence-electron chi connectivity index (χ0n) is 9.35. The third kappa shape index (κ3) is 1.68. The first kappa shape index (κ1) is 11.0. The number of pyridine rings is 1. The van der Waals surface area contributed by atoms with Gasteiger partial charge in [0.15, 0.2) is 0 Å². The number of hydrogen-bond donors (Lipinski definition) is 2. The van der Waals surface area contributed by atoms with Gasteiger partial charge in [0, 0.05) is 23.7 Å². The maximum atomic E-state index is 10.4. The molecule has 1 unspecified atom stereocenters. The van der Waals surface area contributed by atoms with Gasteiger partial charge in [0.1, 0.15) is 5.60 Å². The number of nitrogens with two attached hydrogens (primary N) is 1. The Labute approximate surface area is 94.9 Å². The van der Waals surface area contributed by atoms with Crippen LogP contribution in [0.15, 0.2) is 36.5 Å². The van der Waals surface area contributed by atoms with E-state index in [9.17, 15) is 5.11 Å². The summed E-state index contributed by atoms with van der Waals surface area (Å²) in [7, 11) is 0. The summed E-state index contributed by atoms with van der Waals surface area (Å²) < 4.78 is 0. The molecule has 0 aliphatic heterocycles. The standard InChI is InChI=1S/C13H16N2O/c1-2-13(16,9-14)11-7-3-5-10-6-4-8-15-12(10)11/h3-8,16H,2,9,14H2,1H3. The Morgan fingerprint density at radius 1 is 1.31 bits per heavy atom. The zero-order valence-corrected chi connectivity index (χ0v) is 9.35. The summed E-state index contributed by atoms with van der Waals surface area (Å²) in [5.41, 5.74) is 6.33. The third-order valence-electron chi connectivity index (χ3n) is 3.06. The molecule has 1 heterocycles. The predicted octanol–water partition coefficient (Wildman–Crippen LogP) is 1.79. The molecule has 3 heteroatoms. The highest BCUT2D eigenvalue weighted by Crippen LogP contribution is 2.29. The van der Waals surface area contributed by atoms with E-state index in [-0.39, 0.29) is 6.54 Å². The Morgan fingerprint density at radius 3 is 2.75 bits per heavy atom. The summed E-state index contributed by atoms with van der Waals surface area (Å²) in [5.74, 6) is 0. The van der Waals surface area contributed by atoms with Crippen LogP contribution >= 0.6 is 0 Å². The Kier molecular flexibility index (Phi) is 2.90. The molecule has 0 saturated heterocycles. The first-order valence-electron chi connectivity index (χ1n) is 5.48. The van der Waals surface area contributed by atoms with Crippen LogP contribution in [0, 0.1) is 0 Å². The minimum Gasteiger partial charge on any atom is -0.384 e. The summed E-state index contributed by atoms with van der Waals surface area (Å²) in [6, 6.07) is 9.68. The lowest BCUT2D eigenvalue weighted by atomic mass is 9.89. The molecule has 0 radical (unpaired) electrons.